The molecular weight excluding hydrogens is 348 g/mol. The number of nitrogens with one attached hydrogen (secondary N) is 1. The predicted molar refractivity (Wildman–Crippen MR) is 101 cm³/mol. The van der Waals surface area contributed by atoms with E-state index in [1.54, 1.807) is 6.20 Å². The number of piperidine rings is 1. The topological polar surface area (TPSA) is 74.2 Å². The molecule has 26 heavy (non-hydrogen) atoms. The van der Waals surface area contributed by atoms with Crippen LogP contribution in [0.5, 0.6) is 0 Å². The molecule has 138 valence electrons. The molecule has 0 aliphatic carbocycles. The number of rotatable bonds is 4. The van der Waals surface area contributed by atoms with Gasteiger partial charge in [0.1, 0.15) is 5.82 Å². The third-order valence-electron chi connectivity index (χ3n) is 5.06. The minimum atomic E-state index is -0.00463. The Balaban J connectivity index is 1.38. The number of anilines is 1. The lowest BCUT2D eigenvalue weighted by Crippen LogP contribution is -2.40. The van der Waals surface area contributed by atoms with E-state index in [1.807, 2.05) is 11.6 Å². The van der Waals surface area contributed by atoms with Crippen LogP contribution in [0.2, 0.25) is 0 Å². The van der Waals surface area contributed by atoms with Crippen LogP contribution in [0, 0.1) is 0 Å². The molecule has 2 aliphatic rings. The zero-order valence-corrected chi connectivity index (χ0v) is 15.8. The number of hydrogen-bond acceptors (Lipinski definition) is 7. The molecule has 2 aliphatic heterocycles. The van der Waals surface area contributed by atoms with E-state index in [1.165, 1.54) is 22.6 Å². The molecule has 2 aromatic rings. The summed E-state index contributed by atoms with van der Waals surface area (Å²) in [4.78, 5) is 30.4. The summed E-state index contributed by atoms with van der Waals surface area (Å²) < 4.78 is 0. The van der Waals surface area contributed by atoms with Gasteiger partial charge < -0.3 is 10.2 Å². The molecule has 0 bridgehead atoms. The minimum Gasteiger partial charge on any atom is -0.302 e. The Morgan fingerprint density at radius 3 is 3.15 bits per heavy atom. The molecule has 4 rings (SSSR count). The van der Waals surface area contributed by atoms with Crippen molar-refractivity contribution in [3.8, 4) is 0 Å². The highest BCUT2D eigenvalue weighted by molar-refractivity contribution is 7.13. The first kappa shape index (κ1) is 17.5. The van der Waals surface area contributed by atoms with Gasteiger partial charge in [-0.2, -0.15) is 0 Å². The number of likely N-dealkylation sites (N-methyl/N-ethyl adjacent to an activating group) is 1. The van der Waals surface area contributed by atoms with E-state index in [-0.39, 0.29) is 5.91 Å². The number of amides is 1. The fraction of sp³-hybridized carbons (Fsp3) is 0.556. The summed E-state index contributed by atoms with van der Waals surface area (Å²) in [5.41, 5.74) is 2.45. The molecule has 4 heterocycles. The maximum absolute atomic E-state index is 12.2. The number of likely N-dealkylation sites (tertiary alicyclic amines) is 1. The van der Waals surface area contributed by atoms with Crippen molar-refractivity contribution in [3.63, 3.8) is 0 Å². The highest BCUT2D eigenvalue weighted by Crippen LogP contribution is 2.26. The predicted octanol–water partition coefficient (Wildman–Crippen LogP) is 1.74. The van der Waals surface area contributed by atoms with E-state index in [0.29, 0.717) is 17.6 Å². The van der Waals surface area contributed by atoms with Crippen LogP contribution in [0.1, 0.15) is 35.8 Å². The smallest absolute Gasteiger partial charge is 0.240 e. The summed E-state index contributed by atoms with van der Waals surface area (Å²) in [6.07, 6.45) is 6.85. The van der Waals surface area contributed by atoms with Gasteiger partial charge in [0.15, 0.2) is 5.13 Å². The van der Waals surface area contributed by atoms with Gasteiger partial charge in [0.25, 0.3) is 0 Å². The standard InChI is InChI=1S/C18H24N6OS/c1-23-7-4-15-14(10-23)9-20-17(21-15)13-3-2-6-24(11-13)12-16(25)22-18-19-5-8-26-18/h5,8-9,13H,2-4,6-7,10-12H2,1H3,(H,19,22,25). The first-order valence-corrected chi connectivity index (χ1v) is 10.0. The lowest BCUT2D eigenvalue weighted by molar-refractivity contribution is -0.117. The number of thiazole rings is 1. The Bertz CT molecular complexity index is 765. The Kier molecular flexibility index (Phi) is 5.23. The molecule has 2 aromatic heterocycles. The summed E-state index contributed by atoms with van der Waals surface area (Å²) >= 11 is 1.44. The summed E-state index contributed by atoms with van der Waals surface area (Å²) in [6, 6.07) is 0. The fourth-order valence-electron chi connectivity index (χ4n) is 3.73. The van der Waals surface area contributed by atoms with Crippen molar-refractivity contribution in [2.24, 2.45) is 0 Å². The monoisotopic (exact) mass is 372 g/mol. The maximum atomic E-state index is 12.2. The molecule has 1 fully saturated rings. The summed E-state index contributed by atoms with van der Waals surface area (Å²) in [6.45, 7) is 4.16. The Labute approximate surface area is 157 Å². The van der Waals surface area contributed by atoms with E-state index < -0.39 is 0 Å². The summed E-state index contributed by atoms with van der Waals surface area (Å²) in [7, 11) is 2.13. The van der Waals surface area contributed by atoms with Crippen LogP contribution >= 0.6 is 11.3 Å². The van der Waals surface area contributed by atoms with Crippen molar-refractivity contribution in [2.75, 3.05) is 38.5 Å². The molecule has 0 radical (unpaired) electrons. The van der Waals surface area contributed by atoms with Crippen LogP contribution in [-0.4, -0.2) is 63.9 Å². The molecule has 0 saturated carbocycles. The molecule has 7 nitrogen and oxygen atoms in total. The molecule has 1 N–H and O–H groups in total. The zero-order valence-electron chi connectivity index (χ0n) is 15.0. The lowest BCUT2D eigenvalue weighted by Gasteiger charge is -2.32. The zero-order chi connectivity index (χ0) is 17.9. The van der Waals surface area contributed by atoms with Gasteiger partial charge in [0.2, 0.25) is 5.91 Å². The molecular formula is C18H24N6OS. The molecule has 1 amide bonds. The molecule has 1 unspecified atom stereocenters. The first-order valence-electron chi connectivity index (χ1n) is 9.12. The average molecular weight is 372 g/mol. The summed E-state index contributed by atoms with van der Waals surface area (Å²) in [5, 5.41) is 5.38. The SMILES string of the molecule is CN1CCc2nc(C3CCCN(CC(=O)Nc4nccs4)C3)ncc2C1. The highest BCUT2D eigenvalue weighted by Gasteiger charge is 2.26. The van der Waals surface area contributed by atoms with Crippen LogP contribution in [0.15, 0.2) is 17.8 Å². The van der Waals surface area contributed by atoms with E-state index >= 15 is 0 Å². The Morgan fingerprint density at radius 2 is 2.31 bits per heavy atom. The van der Waals surface area contributed by atoms with Crippen LogP contribution in [0.4, 0.5) is 5.13 Å². The van der Waals surface area contributed by atoms with Crippen LogP contribution in [0.25, 0.3) is 0 Å². The van der Waals surface area contributed by atoms with Crippen molar-refractivity contribution in [2.45, 2.75) is 31.7 Å². The van der Waals surface area contributed by atoms with Crippen molar-refractivity contribution in [3.05, 3.63) is 34.9 Å². The minimum absolute atomic E-state index is 0.00463. The molecule has 1 saturated heterocycles. The lowest BCUT2D eigenvalue weighted by atomic mass is 9.96. The number of fused-ring (bicyclic) bond motifs is 1. The highest BCUT2D eigenvalue weighted by atomic mass is 32.1. The molecule has 0 spiro atoms. The normalized spacial score (nSPS) is 21.3. The largest absolute Gasteiger partial charge is 0.302 e. The Hall–Kier alpha value is -1.90. The third kappa shape index (κ3) is 4.08. The number of nitrogens with zero attached hydrogens (tertiary/aromatic N) is 5. The van der Waals surface area contributed by atoms with Crippen LogP contribution in [-0.2, 0) is 17.8 Å². The van der Waals surface area contributed by atoms with Gasteiger partial charge in [-0.15, -0.1) is 11.3 Å². The second-order valence-corrected chi connectivity index (χ2v) is 8.04. The van der Waals surface area contributed by atoms with E-state index in [0.717, 1.165) is 51.3 Å². The maximum Gasteiger partial charge on any atom is 0.240 e. The quantitative estimate of drug-likeness (QED) is 0.881. The second-order valence-electron chi connectivity index (χ2n) is 7.15. The van der Waals surface area contributed by atoms with Crippen molar-refractivity contribution in [1.29, 1.82) is 0 Å². The fourth-order valence-corrected chi connectivity index (χ4v) is 4.27. The van der Waals surface area contributed by atoms with Crippen LogP contribution in [0.3, 0.4) is 0 Å². The van der Waals surface area contributed by atoms with Crippen LogP contribution < -0.4 is 5.32 Å². The number of hydrogen-bond donors (Lipinski definition) is 1. The van der Waals surface area contributed by atoms with E-state index in [9.17, 15) is 4.79 Å². The first-order chi connectivity index (χ1) is 12.7. The number of carbonyl (C=O) groups excluding carboxylic acids is 1. The summed E-state index contributed by atoms with van der Waals surface area (Å²) in [5.74, 6) is 1.25. The van der Waals surface area contributed by atoms with E-state index in [2.05, 4.69) is 32.1 Å². The second kappa shape index (κ2) is 7.77. The van der Waals surface area contributed by atoms with Gasteiger partial charge in [-0.05, 0) is 26.4 Å². The molecule has 8 heteroatoms. The van der Waals surface area contributed by atoms with Gasteiger partial charge in [0.05, 0.1) is 6.54 Å². The van der Waals surface area contributed by atoms with Gasteiger partial charge in [-0.1, -0.05) is 0 Å². The number of aromatic nitrogens is 3. The van der Waals surface area contributed by atoms with Gasteiger partial charge in [-0.3, -0.25) is 9.69 Å². The van der Waals surface area contributed by atoms with Gasteiger partial charge >= 0.3 is 0 Å². The van der Waals surface area contributed by atoms with Gasteiger partial charge in [0, 0.05) is 61.0 Å². The third-order valence-corrected chi connectivity index (χ3v) is 5.75. The van der Waals surface area contributed by atoms with Crippen molar-refractivity contribution in [1.82, 2.24) is 24.8 Å². The number of carbonyl (C=O) groups is 1. The van der Waals surface area contributed by atoms with E-state index in [4.69, 9.17) is 4.98 Å². The van der Waals surface area contributed by atoms with Crippen molar-refractivity contribution >= 4 is 22.4 Å². The average Bonchev–Trinajstić information content (AvgIpc) is 3.14. The molecule has 0 aromatic carbocycles. The van der Waals surface area contributed by atoms with Gasteiger partial charge in [-0.25, -0.2) is 15.0 Å². The molecule has 1 atom stereocenters. The Morgan fingerprint density at radius 1 is 1.38 bits per heavy atom. The van der Waals surface area contributed by atoms with Crippen molar-refractivity contribution < 1.29 is 4.79 Å².